The topological polar surface area (TPSA) is 67.5 Å². The molecular weight excluding hydrogens is 204 g/mol. The monoisotopic (exact) mass is 222 g/mol. The summed E-state index contributed by atoms with van der Waals surface area (Å²) in [5.74, 6) is 0. The number of rotatable bonds is 3. The maximum absolute atomic E-state index is 10.2. The lowest BCUT2D eigenvalue weighted by molar-refractivity contribution is -0.0543. The third kappa shape index (κ3) is 2.65. The minimum absolute atomic E-state index is 0.518. The molecule has 4 heteroatoms. The maximum Gasteiger partial charge on any atom is 0.0863 e. The van der Waals surface area contributed by atoms with E-state index in [1.165, 1.54) is 0 Å². The summed E-state index contributed by atoms with van der Waals surface area (Å²) >= 11 is 0. The summed E-state index contributed by atoms with van der Waals surface area (Å²) in [7, 11) is 0. The molecule has 1 fully saturated rings. The van der Waals surface area contributed by atoms with Gasteiger partial charge in [-0.3, -0.25) is 0 Å². The summed E-state index contributed by atoms with van der Waals surface area (Å²) in [5.41, 5.74) is 6.73. The van der Waals surface area contributed by atoms with E-state index >= 15 is 0 Å². The van der Waals surface area contributed by atoms with Crippen molar-refractivity contribution < 1.29 is 9.84 Å². The Labute approximate surface area is 95.4 Å². The minimum Gasteiger partial charge on any atom is -0.397 e. The van der Waals surface area contributed by atoms with Gasteiger partial charge in [-0.2, -0.15) is 0 Å². The van der Waals surface area contributed by atoms with Crippen LogP contribution >= 0.6 is 0 Å². The quantitative estimate of drug-likeness (QED) is 0.673. The molecule has 0 unspecified atom stereocenters. The molecule has 88 valence electrons. The van der Waals surface area contributed by atoms with E-state index < -0.39 is 5.60 Å². The number of para-hydroxylation sites is 2. The second-order valence-corrected chi connectivity index (χ2v) is 4.28. The Kier molecular flexibility index (Phi) is 3.31. The van der Waals surface area contributed by atoms with E-state index in [0.717, 1.165) is 5.69 Å². The molecule has 0 aliphatic carbocycles. The van der Waals surface area contributed by atoms with Crippen molar-refractivity contribution in [2.75, 3.05) is 30.8 Å². The van der Waals surface area contributed by atoms with Crippen molar-refractivity contribution in [3.63, 3.8) is 0 Å². The molecule has 0 aromatic heterocycles. The van der Waals surface area contributed by atoms with Gasteiger partial charge in [-0.05, 0) is 12.1 Å². The van der Waals surface area contributed by atoms with Crippen molar-refractivity contribution in [1.82, 2.24) is 0 Å². The van der Waals surface area contributed by atoms with Gasteiger partial charge in [-0.25, -0.2) is 0 Å². The number of aliphatic hydroxyl groups is 1. The van der Waals surface area contributed by atoms with E-state index in [1.807, 2.05) is 24.3 Å². The van der Waals surface area contributed by atoms with Gasteiger partial charge in [0, 0.05) is 32.6 Å². The zero-order valence-corrected chi connectivity index (χ0v) is 9.28. The second kappa shape index (κ2) is 4.72. The average Bonchev–Trinajstić information content (AvgIpc) is 2.29. The van der Waals surface area contributed by atoms with Crippen LogP contribution in [-0.4, -0.2) is 30.5 Å². The van der Waals surface area contributed by atoms with Gasteiger partial charge in [-0.1, -0.05) is 12.1 Å². The van der Waals surface area contributed by atoms with Crippen LogP contribution in [0.15, 0.2) is 24.3 Å². The third-order valence-electron chi connectivity index (χ3n) is 2.99. The number of hydrogen-bond acceptors (Lipinski definition) is 4. The molecule has 2 rings (SSSR count). The number of ether oxygens (including phenoxy) is 1. The summed E-state index contributed by atoms with van der Waals surface area (Å²) in [5, 5.41) is 13.4. The van der Waals surface area contributed by atoms with Gasteiger partial charge < -0.3 is 20.9 Å². The molecule has 1 saturated heterocycles. The number of nitrogens with one attached hydrogen (secondary N) is 1. The molecule has 0 spiro atoms. The lowest BCUT2D eigenvalue weighted by atomic mass is 9.94. The summed E-state index contributed by atoms with van der Waals surface area (Å²) < 4.78 is 5.23. The minimum atomic E-state index is -0.666. The van der Waals surface area contributed by atoms with E-state index in [2.05, 4.69) is 5.32 Å². The predicted octanol–water partition coefficient (Wildman–Crippen LogP) is 1.22. The lowest BCUT2D eigenvalue weighted by Gasteiger charge is -2.32. The Morgan fingerprint density at radius 3 is 2.69 bits per heavy atom. The molecule has 0 atom stereocenters. The number of anilines is 2. The molecule has 0 radical (unpaired) electrons. The second-order valence-electron chi connectivity index (χ2n) is 4.28. The number of nitrogens with two attached hydrogens (primary N) is 1. The van der Waals surface area contributed by atoms with Gasteiger partial charge in [0.1, 0.15) is 0 Å². The molecule has 1 aromatic carbocycles. The third-order valence-corrected chi connectivity index (χ3v) is 2.99. The highest BCUT2D eigenvalue weighted by molar-refractivity contribution is 5.65. The number of benzene rings is 1. The van der Waals surface area contributed by atoms with Crippen LogP contribution in [0.2, 0.25) is 0 Å². The summed E-state index contributed by atoms with van der Waals surface area (Å²) in [6.45, 7) is 1.77. The maximum atomic E-state index is 10.2. The Bertz CT molecular complexity index is 349. The van der Waals surface area contributed by atoms with Crippen LogP contribution in [0, 0.1) is 0 Å². The van der Waals surface area contributed by atoms with Gasteiger partial charge in [-0.15, -0.1) is 0 Å². The molecule has 1 aliphatic rings. The highest BCUT2D eigenvalue weighted by Crippen LogP contribution is 2.23. The Balaban J connectivity index is 1.94. The van der Waals surface area contributed by atoms with Crippen molar-refractivity contribution in [2.24, 2.45) is 0 Å². The van der Waals surface area contributed by atoms with Crippen LogP contribution in [0.3, 0.4) is 0 Å². The van der Waals surface area contributed by atoms with Crippen LogP contribution in [0.1, 0.15) is 12.8 Å². The fourth-order valence-electron chi connectivity index (χ4n) is 1.85. The first-order valence-electron chi connectivity index (χ1n) is 5.58. The molecule has 1 aromatic rings. The van der Waals surface area contributed by atoms with Gasteiger partial charge in [0.25, 0.3) is 0 Å². The summed E-state index contributed by atoms with van der Waals surface area (Å²) in [4.78, 5) is 0. The molecule has 0 saturated carbocycles. The lowest BCUT2D eigenvalue weighted by Crippen LogP contribution is -2.42. The Morgan fingerprint density at radius 2 is 2.00 bits per heavy atom. The SMILES string of the molecule is Nc1ccccc1NCC1(O)CCOCC1. The molecule has 0 bridgehead atoms. The average molecular weight is 222 g/mol. The van der Waals surface area contributed by atoms with Gasteiger partial charge in [0.2, 0.25) is 0 Å². The predicted molar refractivity (Wildman–Crippen MR) is 64.3 cm³/mol. The van der Waals surface area contributed by atoms with Crippen LogP contribution in [0.5, 0.6) is 0 Å². The molecule has 1 heterocycles. The molecule has 1 aliphatic heterocycles. The van der Waals surface area contributed by atoms with Crippen molar-refractivity contribution >= 4 is 11.4 Å². The Hall–Kier alpha value is -1.26. The fourth-order valence-corrected chi connectivity index (χ4v) is 1.85. The van der Waals surface area contributed by atoms with Crippen LogP contribution in [0.4, 0.5) is 11.4 Å². The van der Waals surface area contributed by atoms with Crippen molar-refractivity contribution in [2.45, 2.75) is 18.4 Å². The highest BCUT2D eigenvalue weighted by atomic mass is 16.5. The molecule has 4 N–H and O–H groups in total. The zero-order chi connectivity index (χ0) is 11.4. The molecular formula is C12H18N2O2. The smallest absolute Gasteiger partial charge is 0.0863 e. The van der Waals surface area contributed by atoms with Gasteiger partial charge in [0.05, 0.1) is 17.0 Å². The summed E-state index contributed by atoms with van der Waals surface area (Å²) in [6.07, 6.45) is 1.35. The normalized spacial score (nSPS) is 19.3. The largest absolute Gasteiger partial charge is 0.397 e. The van der Waals surface area contributed by atoms with Crippen LogP contribution < -0.4 is 11.1 Å². The van der Waals surface area contributed by atoms with Gasteiger partial charge >= 0.3 is 0 Å². The number of nitrogen functional groups attached to an aromatic ring is 1. The van der Waals surface area contributed by atoms with Crippen molar-refractivity contribution in [3.05, 3.63) is 24.3 Å². The first-order chi connectivity index (χ1) is 7.70. The first kappa shape index (κ1) is 11.2. The van der Waals surface area contributed by atoms with Crippen molar-refractivity contribution in [3.8, 4) is 0 Å². The molecule has 0 amide bonds. The molecule has 4 nitrogen and oxygen atoms in total. The zero-order valence-electron chi connectivity index (χ0n) is 9.28. The van der Waals surface area contributed by atoms with Crippen molar-refractivity contribution in [1.29, 1.82) is 0 Å². The Morgan fingerprint density at radius 1 is 1.31 bits per heavy atom. The summed E-state index contributed by atoms with van der Waals surface area (Å²) in [6, 6.07) is 7.57. The van der Waals surface area contributed by atoms with E-state index in [0.29, 0.717) is 38.3 Å². The standard InChI is InChI=1S/C12H18N2O2/c13-10-3-1-2-4-11(10)14-9-12(15)5-7-16-8-6-12/h1-4,14-15H,5-9,13H2. The van der Waals surface area contributed by atoms with E-state index in [1.54, 1.807) is 0 Å². The molecule has 16 heavy (non-hydrogen) atoms. The van der Waals surface area contributed by atoms with Crippen LogP contribution in [-0.2, 0) is 4.74 Å². The van der Waals surface area contributed by atoms with E-state index in [-0.39, 0.29) is 0 Å². The first-order valence-corrected chi connectivity index (χ1v) is 5.58. The van der Waals surface area contributed by atoms with E-state index in [9.17, 15) is 5.11 Å². The number of hydrogen-bond donors (Lipinski definition) is 3. The fraction of sp³-hybridized carbons (Fsp3) is 0.500. The van der Waals surface area contributed by atoms with E-state index in [4.69, 9.17) is 10.5 Å². The van der Waals surface area contributed by atoms with Crippen LogP contribution in [0.25, 0.3) is 0 Å². The highest BCUT2D eigenvalue weighted by Gasteiger charge is 2.29. The van der Waals surface area contributed by atoms with Gasteiger partial charge in [0.15, 0.2) is 0 Å².